The van der Waals surface area contributed by atoms with Crippen LogP contribution in [0, 0.1) is 0 Å². The van der Waals surface area contributed by atoms with E-state index in [4.69, 9.17) is 38.9 Å². The fourth-order valence-electron chi connectivity index (χ4n) is 0.843. The normalized spacial score (nSPS) is 12.3. The minimum Gasteiger partial charge on any atom is -0.395 e. The number of nitrogens with zero attached hydrogens (tertiary/aromatic N) is 3. The van der Waals surface area contributed by atoms with Crippen molar-refractivity contribution in [1.29, 1.82) is 0 Å². The van der Waals surface area contributed by atoms with Gasteiger partial charge in [0.05, 0.1) is 0 Å². The summed E-state index contributed by atoms with van der Waals surface area (Å²) in [4.78, 5) is 19.9. The van der Waals surface area contributed by atoms with E-state index in [1.165, 1.54) is 0 Å². The molecule has 1 heterocycles. The molecule has 0 saturated heterocycles. The third-order valence-corrected chi connectivity index (χ3v) is 3.44. The molecule has 1 aromatic heterocycles. The van der Waals surface area contributed by atoms with Crippen molar-refractivity contribution < 1.29 is 14.2 Å². The van der Waals surface area contributed by atoms with E-state index < -0.39 is 11.2 Å². The first-order valence-corrected chi connectivity index (χ1v) is 9.52. The fourth-order valence-corrected chi connectivity index (χ4v) is 2.99. The zero-order valence-electron chi connectivity index (χ0n) is 9.47. The molecule has 0 amide bonds. The van der Waals surface area contributed by atoms with Crippen LogP contribution in [0.4, 0.5) is 5.13 Å². The summed E-state index contributed by atoms with van der Waals surface area (Å²) < 4.78 is 14.9. The second-order valence-electron chi connectivity index (χ2n) is 3.04. The van der Waals surface area contributed by atoms with Crippen molar-refractivity contribution in [2.75, 3.05) is 11.7 Å². The molecule has 1 rings (SSSR count). The number of aromatic nitrogens is 2. The SMILES string of the molecule is CCCON=C(C(=O)Cl)c1nsc(NP(=O)(Cl)Cl)n1. The van der Waals surface area contributed by atoms with Crippen molar-refractivity contribution in [3.63, 3.8) is 0 Å². The number of hydrogen-bond donors (Lipinski definition) is 1. The molecule has 7 nitrogen and oxygen atoms in total. The maximum atomic E-state index is 11.2. The topological polar surface area (TPSA) is 93.5 Å². The van der Waals surface area contributed by atoms with E-state index in [2.05, 4.69) is 19.6 Å². The summed E-state index contributed by atoms with van der Waals surface area (Å²) in [6.07, 6.45) is 0.715. The Morgan fingerprint density at radius 3 is 2.79 bits per heavy atom. The van der Waals surface area contributed by atoms with E-state index in [9.17, 15) is 9.36 Å². The Bertz CT molecular complexity index is 531. The predicted molar refractivity (Wildman–Crippen MR) is 76.5 cm³/mol. The van der Waals surface area contributed by atoms with E-state index in [1.807, 2.05) is 6.92 Å². The molecule has 0 aliphatic heterocycles. The van der Waals surface area contributed by atoms with Gasteiger partial charge < -0.3 is 4.84 Å². The van der Waals surface area contributed by atoms with Crippen molar-refractivity contribution in [2.45, 2.75) is 13.3 Å². The number of hydrogen-bond acceptors (Lipinski definition) is 7. The zero-order valence-corrected chi connectivity index (χ0v) is 13.4. The molecule has 106 valence electrons. The molecule has 0 aromatic carbocycles. The number of nitrogens with one attached hydrogen (secondary N) is 1. The van der Waals surface area contributed by atoms with E-state index in [0.717, 1.165) is 11.5 Å². The first-order valence-electron chi connectivity index (χ1n) is 4.85. The van der Waals surface area contributed by atoms with E-state index in [0.29, 0.717) is 13.0 Å². The lowest BCUT2D eigenvalue weighted by molar-refractivity contribution is -0.106. The summed E-state index contributed by atoms with van der Waals surface area (Å²) in [6.45, 7) is 2.20. The minimum absolute atomic E-state index is 0.0645. The number of oxime groups is 1. The van der Waals surface area contributed by atoms with Gasteiger partial charge in [-0.2, -0.15) is 9.36 Å². The van der Waals surface area contributed by atoms with Gasteiger partial charge in [-0.1, -0.05) is 12.1 Å². The molecule has 0 unspecified atom stereocenters. The van der Waals surface area contributed by atoms with Crippen LogP contribution >= 0.6 is 51.6 Å². The molecule has 1 aromatic rings. The number of halogens is 3. The molecule has 12 heteroatoms. The van der Waals surface area contributed by atoms with Gasteiger partial charge in [-0.25, -0.2) is 0 Å². The highest BCUT2D eigenvalue weighted by molar-refractivity contribution is 8.09. The van der Waals surface area contributed by atoms with Crippen molar-refractivity contribution in [1.82, 2.24) is 9.36 Å². The quantitative estimate of drug-likeness (QED) is 0.261. The van der Waals surface area contributed by atoms with Gasteiger partial charge in [0, 0.05) is 11.5 Å². The lowest BCUT2D eigenvalue weighted by Gasteiger charge is -2.00. The van der Waals surface area contributed by atoms with Crippen LogP contribution in [-0.4, -0.2) is 26.9 Å². The summed E-state index contributed by atoms with van der Waals surface area (Å²) in [6, 6.07) is 0. The van der Waals surface area contributed by atoms with Crippen LogP contribution in [0.3, 0.4) is 0 Å². The van der Waals surface area contributed by atoms with Gasteiger partial charge in [-0.05, 0) is 40.5 Å². The molecule has 0 aliphatic rings. The van der Waals surface area contributed by atoms with Crippen molar-refractivity contribution >= 4 is 67.7 Å². The average molecular weight is 366 g/mol. The van der Waals surface area contributed by atoms with Gasteiger partial charge in [-0.15, -0.1) is 0 Å². The lowest BCUT2D eigenvalue weighted by atomic mass is 10.4. The van der Waals surface area contributed by atoms with Gasteiger partial charge in [0.25, 0.3) is 5.24 Å². The van der Waals surface area contributed by atoms with Crippen LogP contribution in [0.15, 0.2) is 5.16 Å². The van der Waals surface area contributed by atoms with Crippen molar-refractivity contribution in [3.05, 3.63) is 5.82 Å². The largest absolute Gasteiger partial charge is 0.395 e. The molecular weight excluding hydrogens is 358 g/mol. The van der Waals surface area contributed by atoms with Gasteiger partial charge in [0.1, 0.15) is 6.61 Å². The highest BCUT2D eigenvalue weighted by Crippen LogP contribution is 2.55. The van der Waals surface area contributed by atoms with Gasteiger partial charge in [0.2, 0.25) is 16.7 Å². The van der Waals surface area contributed by atoms with Crippen LogP contribution in [0.5, 0.6) is 0 Å². The van der Waals surface area contributed by atoms with Crippen LogP contribution < -0.4 is 5.09 Å². The molecule has 0 atom stereocenters. The molecule has 19 heavy (non-hydrogen) atoms. The lowest BCUT2D eigenvalue weighted by Crippen LogP contribution is -2.12. The third-order valence-electron chi connectivity index (χ3n) is 1.50. The number of carbonyl (C=O) groups excluding carboxylic acids is 1. The number of carbonyl (C=O) groups is 1. The Balaban J connectivity index is 2.90. The summed E-state index contributed by atoms with van der Waals surface area (Å²) in [5.74, 6) is -3.61. The van der Waals surface area contributed by atoms with E-state index >= 15 is 0 Å². The number of anilines is 1. The maximum Gasteiger partial charge on any atom is 0.345 e. The Morgan fingerprint density at radius 1 is 1.58 bits per heavy atom. The molecule has 1 N–H and O–H groups in total. The highest BCUT2D eigenvalue weighted by Gasteiger charge is 2.21. The van der Waals surface area contributed by atoms with Crippen molar-refractivity contribution in [3.8, 4) is 0 Å². The summed E-state index contributed by atoms with van der Waals surface area (Å²) in [7, 11) is 0. The Hall–Kier alpha value is -0.400. The van der Waals surface area contributed by atoms with E-state index in [1.54, 1.807) is 0 Å². The second-order valence-corrected chi connectivity index (χ2v) is 8.66. The highest BCUT2D eigenvalue weighted by atomic mass is 35.9. The molecule has 0 radical (unpaired) electrons. The van der Waals surface area contributed by atoms with Crippen LogP contribution in [0.1, 0.15) is 19.2 Å². The van der Waals surface area contributed by atoms with Gasteiger partial charge >= 0.3 is 6.00 Å². The zero-order chi connectivity index (χ0) is 14.5. The maximum absolute atomic E-state index is 11.2. The predicted octanol–water partition coefficient (Wildman–Crippen LogP) is 3.43. The number of rotatable bonds is 7. The Labute approximate surface area is 127 Å². The summed E-state index contributed by atoms with van der Waals surface area (Å²) >= 11 is 16.8. The van der Waals surface area contributed by atoms with Crippen molar-refractivity contribution in [2.24, 2.45) is 5.16 Å². The Morgan fingerprint density at radius 2 is 2.26 bits per heavy atom. The standard InChI is InChI=1S/C7H8Cl3N4O3PS/c1-2-3-17-12-4(5(8)15)6-11-7(19-14-6)13-18(9,10)16/h2-3H2,1H3,(H,11,13,14,16). The van der Waals surface area contributed by atoms with Gasteiger partial charge in [-0.3, -0.25) is 14.4 Å². The molecule has 0 fully saturated rings. The molecule has 0 bridgehead atoms. The van der Waals surface area contributed by atoms with Crippen LogP contribution in [-0.2, 0) is 14.2 Å². The van der Waals surface area contributed by atoms with Gasteiger partial charge in [0.15, 0.2) is 0 Å². The minimum atomic E-state index is -3.54. The fraction of sp³-hybridized carbons (Fsp3) is 0.429. The monoisotopic (exact) mass is 364 g/mol. The first-order chi connectivity index (χ1) is 8.83. The molecular formula is C7H8Cl3N4O3PS. The molecule has 0 aliphatic carbocycles. The molecule has 0 saturated carbocycles. The van der Waals surface area contributed by atoms with Crippen LogP contribution in [0.2, 0.25) is 0 Å². The van der Waals surface area contributed by atoms with Crippen LogP contribution in [0.25, 0.3) is 0 Å². The summed E-state index contributed by atoms with van der Waals surface area (Å²) in [5.41, 5.74) is -0.251. The summed E-state index contributed by atoms with van der Waals surface area (Å²) in [5, 5.41) is 4.99. The molecule has 0 spiro atoms. The first kappa shape index (κ1) is 16.7. The Kier molecular flexibility index (Phi) is 6.49. The van der Waals surface area contributed by atoms with E-state index in [-0.39, 0.29) is 16.7 Å². The third kappa shape index (κ3) is 6.05. The smallest absolute Gasteiger partial charge is 0.345 e. The average Bonchev–Trinajstić information content (AvgIpc) is 2.69. The second kappa shape index (κ2) is 7.40.